The summed E-state index contributed by atoms with van der Waals surface area (Å²) < 4.78 is 1.68. The van der Waals surface area contributed by atoms with Gasteiger partial charge < -0.3 is 10.2 Å². The van der Waals surface area contributed by atoms with Gasteiger partial charge in [0.25, 0.3) is 5.91 Å². The van der Waals surface area contributed by atoms with Crippen molar-refractivity contribution in [3.05, 3.63) is 17.3 Å². The van der Waals surface area contributed by atoms with Crippen LogP contribution >= 0.6 is 0 Å². The maximum absolute atomic E-state index is 11.9. The molecule has 0 atom stereocenters. The third-order valence-electron chi connectivity index (χ3n) is 4.91. The molecule has 2 aromatic heterocycles. The molecule has 26 heavy (non-hydrogen) atoms. The van der Waals surface area contributed by atoms with Crippen molar-refractivity contribution in [1.82, 2.24) is 24.9 Å². The summed E-state index contributed by atoms with van der Waals surface area (Å²) in [5, 5.41) is 10.1. The van der Waals surface area contributed by atoms with E-state index in [-0.39, 0.29) is 18.2 Å². The van der Waals surface area contributed by atoms with Crippen LogP contribution in [0.15, 0.2) is 11.8 Å². The van der Waals surface area contributed by atoms with Gasteiger partial charge in [0.05, 0.1) is 12.6 Å². The van der Waals surface area contributed by atoms with Gasteiger partial charge in [0, 0.05) is 30.3 Å². The average molecular weight is 353 g/mol. The number of amides is 2. The number of carbonyl (C=O) groups is 2. The van der Waals surface area contributed by atoms with Gasteiger partial charge in [-0.05, 0) is 31.8 Å². The maximum atomic E-state index is 11.9. The Bertz CT molecular complexity index is 938. The lowest BCUT2D eigenvalue weighted by atomic mass is 10.1. The van der Waals surface area contributed by atoms with Gasteiger partial charge in [-0.3, -0.25) is 14.9 Å². The molecule has 0 radical (unpaired) electrons. The lowest BCUT2D eigenvalue weighted by Gasteiger charge is -2.17. The Hall–Kier alpha value is -2.97. The van der Waals surface area contributed by atoms with Gasteiger partial charge in [-0.1, -0.05) is 0 Å². The fourth-order valence-electron chi connectivity index (χ4n) is 3.36. The molecule has 9 heteroatoms. The lowest BCUT2D eigenvalue weighted by Crippen LogP contribution is -2.22. The zero-order chi connectivity index (χ0) is 17.7. The van der Waals surface area contributed by atoms with Crippen LogP contribution in [0, 0.1) is 0 Å². The first-order chi connectivity index (χ1) is 12.7. The number of hydrogen-bond donors (Lipinski definition) is 2. The van der Waals surface area contributed by atoms with E-state index in [1.54, 1.807) is 16.8 Å². The van der Waals surface area contributed by atoms with Gasteiger partial charge in [0.2, 0.25) is 17.8 Å². The molecule has 3 fully saturated rings. The summed E-state index contributed by atoms with van der Waals surface area (Å²) in [7, 11) is 0. The molecule has 1 aliphatic carbocycles. The third kappa shape index (κ3) is 2.69. The van der Waals surface area contributed by atoms with Crippen LogP contribution in [-0.2, 0) is 9.59 Å². The molecule has 2 saturated heterocycles. The molecule has 0 spiro atoms. The van der Waals surface area contributed by atoms with E-state index in [0.717, 1.165) is 38.8 Å². The van der Waals surface area contributed by atoms with Crippen LogP contribution < -0.4 is 15.5 Å². The predicted octanol–water partition coefficient (Wildman–Crippen LogP) is 0.729. The molecule has 134 valence electrons. The Morgan fingerprint density at radius 3 is 2.69 bits per heavy atom. The topological polar surface area (TPSA) is 105 Å². The number of fused-ring (bicyclic) bond motifs is 1. The third-order valence-corrected chi connectivity index (χ3v) is 4.91. The van der Waals surface area contributed by atoms with E-state index in [4.69, 9.17) is 4.98 Å². The molecule has 2 aliphatic heterocycles. The van der Waals surface area contributed by atoms with Gasteiger partial charge in [-0.25, -0.2) is 0 Å². The zero-order valence-corrected chi connectivity index (χ0v) is 14.2. The summed E-state index contributed by atoms with van der Waals surface area (Å²) in [6.45, 7) is 1.89. The minimum Gasteiger partial charge on any atom is -0.351 e. The number of carbonyl (C=O) groups excluding carboxylic acids is 2. The van der Waals surface area contributed by atoms with Gasteiger partial charge in [-0.2, -0.15) is 19.6 Å². The van der Waals surface area contributed by atoms with Crippen molar-refractivity contribution >= 4 is 35.4 Å². The molecule has 5 rings (SSSR count). The van der Waals surface area contributed by atoms with Gasteiger partial charge >= 0.3 is 0 Å². The molecule has 1 saturated carbocycles. The van der Waals surface area contributed by atoms with Crippen LogP contribution in [0.5, 0.6) is 0 Å². The quantitative estimate of drug-likeness (QED) is 0.617. The molecule has 0 unspecified atom stereocenters. The molecule has 9 nitrogen and oxygen atoms in total. The Morgan fingerprint density at radius 1 is 1.19 bits per heavy atom. The molecular formula is C17H19N7O2. The monoisotopic (exact) mass is 353 g/mol. The minimum absolute atomic E-state index is 0.0907. The molecular weight excluding hydrogens is 334 g/mol. The van der Waals surface area contributed by atoms with Crippen LogP contribution in [0.1, 0.15) is 37.7 Å². The highest BCUT2D eigenvalue weighted by Gasteiger charge is 2.27. The summed E-state index contributed by atoms with van der Waals surface area (Å²) >= 11 is 0. The Labute approximate surface area is 149 Å². The average Bonchev–Trinajstić information content (AvgIpc) is 3.01. The van der Waals surface area contributed by atoms with Crippen molar-refractivity contribution in [3.63, 3.8) is 0 Å². The largest absolute Gasteiger partial charge is 0.351 e. The van der Waals surface area contributed by atoms with E-state index in [0.29, 0.717) is 34.7 Å². The molecule has 3 aliphatic rings. The first kappa shape index (κ1) is 15.3. The second-order valence-corrected chi connectivity index (χ2v) is 7.02. The van der Waals surface area contributed by atoms with E-state index in [9.17, 15) is 9.59 Å². The molecule has 4 heterocycles. The van der Waals surface area contributed by atoms with E-state index in [1.165, 1.54) is 0 Å². The molecule has 0 bridgehead atoms. The maximum Gasteiger partial charge on any atom is 0.254 e. The summed E-state index contributed by atoms with van der Waals surface area (Å²) in [5.41, 5.74) is 1.79. The number of aromatic nitrogens is 4. The number of rotatable bonds is 4. The molecule has 0 aromatic carbocycles. The number of hydrogen-bond acceptors (Lipinski definition) is 7. The van der Waals surface area contributed by atoms with Crippen LogP contribution in [0.4, 0.5) is 11.9 Å². The molecule has 2 amide bonds. The summed E-state index contributed by atoms with van der Waals surface area (Å²) in [6.07, 6.45) is 7.99. The van der Waals surface area contributed by atoms with Gasteiger partial charge in [0.1, 0.15) is 0 Å². The molecule has 2 N–H and O–H groups in total. The SMILES string of the molecule is O=C1C/C(=C\c2cnn3c(NC4CC4)nc(N4CCCC4)nc23)C(=O)N1. The first-order valence-electron chi connectivity index (χ1n) is 8.99. The Balaban J connectivity index is 1.60. The summed E-state index contributed by atoms with van der Waals surface area (Å²) in [5.74, 6) is 0.738. The number of nitrogens with zero attached hydrogens (tertiary/aromatic N) is 5. The predicted molar refractivity (Wildman–Crippen MR) is 94.6 cm³/mol. The van der Waals surface area contributed by atoms with E-state index in [1.807, 2.05) is 0 Å². The fraction of sp³-hybridized carbons (Fsp3) is 0.471. The van der Waals surface area contributed by atoms with Crippen LogP contribution in [-0.4, -0.2) is 50.5 Å². The minimum atomic E-state index is -0.348. The fourth-order valence-corrected chi connectivity index (χ4v) is 3.36. The second-order valence-electron chi connectivity index (χ2n) is 7.02. The van der Waals surface area contributed by atoms with Crippen molar-refractivity contribution in [2.75, 3.05) is 23.3 Å². The highest BCUT2D eigenvalue weighted by Crippen LogP contribution is 2.27. The van der Waals surface area contributed by atoms with Gasteiger partial charge in [0.15, 0.2) is 5.65 Å². The smallest absolute Gasteiger partial charge is 0.254 e. The standard InChI is InChI=1S/C17H19N7O2/c25-13-8-10(15(26)20-13)7-11-9-18-24-14(11)21-16(23-5-1-2-6-23)22-17(24)19-12-3-4-12/h7,9,12H,1-6,8H2,(H,19,21,22)(H,20,25,26)/b10-7+. The normalized spacial score (nSPS) is 21.8. The van der Waals surface area contributed by atoms with Crippen LogP contribution in [0.25, 0.3) is 11.7 Å². The van der Waals surface area contributed by atoms with E-state index >= 15 is 0 Å². The Morgan fingerprint density at radius 2 is 2.00 bits per heavy atom. The zero-order valence-electron chi connectivity index (χ0n) is 14.2. The van der Waals surface area contributed by atoms with Crippen molar-refractivity contribution in [3.8, 4) is 0 Å². The highest BCUT2D eigenvalue weighted by molar-refractivity contribution is 6.15. The Kier molecular flexibility index (Phi) is 3.41. The summed E-state index contributed by atoms with van der Waals surface area (Å²) in [4.78, 5) is 34.9. The van der Waals surface area contributed by atoms with Gasteiger partial charge in [-0.15, -0.1) is 0 Å². The lowest BCUT2D eigenvalue weighted by molar-refractivity contribution is -0.124. The van der Waals surface area contributed by atoms with Crippen molar-refractivity contribution < 1.29 is 9.59 Å². The van der Waals surface area contributed by atoms with Crippen molar-refractivity contribution in [2.24, 2.45) is 0 Å². The first-order valence-corrected chi connectivity index (χ1v) is 8.99. The van der Waals surface area contributed by atoms with E-state index < -0.39 is 0 Å². The van der Waals surface area contributed by atoms with Crippen molar-refractivity contribution in [2.45, 2.75) is 38.1 Å². The number of nitrogens with one attached hydrogen (secondary N) is 2. The van der Waals surface area contributed by atoms with Crippen molar-refractivity contribution in [1.29, 1.82) is 0 Å². The molecule has 2 aromatic rings. The second kappa shape index (κ2) is 5.79. The number of anilines is 2. The van der Waals surface area contributed by atoms with Crippen LogP contribution in [0.3, 0.4) is 0 Å². The van der Waals surface area contributed by atoms with E-state index in [2.05, 4.69) is 25.6 Å². The van der Waals surface area contributed by atoms with Crippen LogP contribution in [0.2, 0.25) is 0 Å². The number of imide groups is 1. The highest BCUT2D eigenvalue weighted by atomic mass is 16.2. The summed E-state index contributed by atoms with van der Waals surface area (Å²) in [6, 6.07) is 0.434.